The lowest BCUT2D eigenvalue weighted by Gasteiger charge is -2.07. The maximum Gasteiger partial charge on any atom is 0.491 e. The minimum absolute atomic E-state index is 0.0992. The molecular weight excluding hydrogens is 278 g/mol. The van der Waals surface area contributed by atoms with Crippen LogP contribution in [0.25, 0.3) is 0 Å². The van der Waals surface area contributed by atoms with E-state index in [1.54, 1.807) is 24.9 Å². The first-order valence-corrected chi connectivity index (χ1v) is 7.00. The van der Waals surface area contributed by atoms with E-state index in [1.807, 2.05) is 24.3 Å². The van der Waals surface area contributed by atoms with Gasteiger partial charge in [0.15, 0.2) is 0 Å². The van der Waals surface area contributed by atoms with Crippen molar-refractivity contribution in [3.05, 3.63) is 53.8 Å². The molecule has 0 aromatic heterocycles. The van der Waals surface area contributed by atoms with E-state index in [0.29, 0.717) is 5.75 Å². The zero-order valence-corrected chi connectivity index (χ0v) is 11.7. The van der Waals surface area contributed by atoms with E-state index < -0.39 is 12.9 Å². The molecule has 0 bridgehead atoms. The molecule has 0 unspecified atom stereocenters. The first-order valence-electron chi connectivity index (χ1n) is 6.01. The standard InChI is InChI=1S/C14H14BFO3S/c1-19-11-3-5-12(6-4-11)20-9-10-2-7-14(16)13(8-10)15(17)18/h2-8,17-18H,9H2,1H3. The Balaban J connectivity index is 2.04. The SMILES string of the molecule is COc1ccc(SCc2ccc(F)c(B(O)O)c2)cc1. The van der Waals surface area contributed by atoms with Crippen LogP contribution in [0.15, 0.2) is 47.4 Å². The van der Waals surface area contributed by atoms with Gasteiger partial charge in [-0.3, -0.25) is 0 Å². The minimum Gasteiger partial charge on any atom is -0.497 e. The molecule has 2 rings (SSSR count). The maximum absolute atomic E-state index is 13.3. The van der Waals surface area contributed by atoms with Gasteiger partial charge in [-0.15, -0.1) is 11.8 Å². The first-order chi connectivity index (χ1) is 9.60. The van der Waals surface area contributed by atoms with Crippen LogP contribution in [0.1, 0.15) is 5.56 Å². The van der Waals surface area contributed by atoms with E-state index in [0.717, 1.165) is 16.2 Å². The molecule has 0 aliphatic rings. The van der Waals surface area contributed by atoms with Crippen LogP contribution < -0.4 is 10.2 Å². The number of ether oxygens (including phenoxy) is 1. The molecule has 2 N–H and O–H groups in total. The predicted molar refractivity (Wildman–Crippen MR) is 78.8 cm³/mol. The van der Waals surface area contributed by atoms with Crippen LogP contribution in [0.4, 0.5) is 4.39 Å². The Hall–Kier alpha value is -1.50. The van der Waals surface area contributed by atoms with E-state index in [1.165, 1.54) is 12.1 Å². The molecule has 6 heteroatoms. The highest BCUT2D eigenvalue weighted by atomic mass is 32.2. The lowest BCUT2D eigenvalue weighted by atomic mass is 9.79. The fourth-order valence-corrected chi connectivity index (χ4v) is 2.56. The zero-order chi connectivity index (χ0) is 14.5. The van der Waals surface area contributed by atoms with Gasteiger partial charge in [0.2, 0.25) is 0 Å². The Bertz CT molecular complexity index is 575. The number of thioether (sulfide) groups is 1. The van der Waals surface area contributed by atoms with Crippen molar-refractivity contribution in [3.8, 4) is 5.75 Å². The van der Waals surface area contributed by atoms with Crippen LogP contribution in [0.2, 0.25) is 0 Å². The molecule has 0 radical (unpaired) electrons. The Morgan fingerprint density at radius 2 is 1.85 bits per heavy atom. The third-order valence-corrected chi connectivity index (χ3v) is 3.89. The van der Waals surface area contributed by atoms with E-state index in [4.69, 9.17) is 14.8 Å². The summed E-state index contributed by atoms with van der Waals surface area (Å²) in [4.78, 5) is 1.06. The Kier molecular flexibility index (Phi) is 5.06. The van der Waals surface area contributed by atoms with Gasteiger partial charge in [-0.25, -0.2) is 4.39 Å². The summed E-state index contributed by atoms with van der Waals surface area (Å²) in [5.41, 5.74) is 0.730. The highest BCUT2D eigenvalue weighted by Gasteiger charge is 2.16. The van der Waals surface area contributed by atoms with Gasteiger partial charge < -0.3 is 14.8 Å². The number of halogens is 1. The first kappa shape index (κ1) is 14.9. The summed E-state index contributed by atoms with van der Waals surface area (Å²) >= 11 is 1.58. The molecule has 0 atom stereocenters. The third-order valence-electron chi connectivity index (χ3n) is 2.80. The topological polar surface area (TPSA) is 49.7 Å². The van der Waals surface area contributed by atoms with Crippen molar-refractivity contribution in [3.63, 3.8) is 0 Å². The Morgan fingerprint density at radius 3 is 2.45 bits per heavy atom. The van der Waals surface area contributed by atoms with Crippen LogP contribution >= 0.6 is 11.8 Å². The van der Waals surface area contributed by atoms with Gasteiger partial charge in [0.1, 0.15) is 11.6 Å². The highest BCUT2D eigenvalue weighted by Crippen LogP contribution is 2.24. The van der Waals surface area contributed by atoms with Crippen LogP contribution in [-0.4, -0.2) is 24.3 Å². The third kappa shape index (κ3) is 3.76. The average molecular weight is 292 g/mol. The number of hydrogen-bond acceptors (Lipinski definition) is 4. The van der Waals surface area contributed by atoms with Gasteiger partial charge in [0.25, 0.3) is 0 Å². The van der Waals surface area contributed by atoms with Crippen LogP contribution in [0, 0.1) is 5.82 Å². The zero-order valence-electron chi connectivity index (χ0n) is 10.9. The summed E-state index contributed by atoms with van der Waals surface area (Å²) in [6.07, 6.45) is 0. The van der Waals surface area contributed by atoms with Gasteiger partial charge in [-0.2, -0.15) is 0 Å². The molecule has 0 spiro atoms. The van der Waals surface area contributed by atoms with E-state index in [2.05, 4.69) is 0 Å². The van der Waals surface area contributed by atoms with Crippen LogP contribution in [0.3, 0.4) is 0 Å². The summed E-state index contributed by atoms with van der Waals surface area (Å²) in [5, 5.41) is 18.1. The van der Waals surface area contributed by atoms with Gasteiger partial charge in [-0.05, 0) is 35.9 Å². The van der Waals surface area contributed by atoms with Crippen molar-refractivity contribution in [1.82, 2.24) is 0 Å². The second-order valence-electron chi connectivity index (χ2n) is 4.19. The van der Waals surface area contributed by atoms with Crippen molar-refractivity contribution in [2.75, 3.05) is 7.11 Å². The van der Waals surface area contributed by atoms with Gasteiger partial charge in [0, 0.05) is 16.1 Å². The molecule has 20 heavy (non-hydrogen) atoms. The predicted octanol–water partition coefficient (Wildman–Crippen LogP) is 1.81. The summed E-state index contributed by atoms with van der Waals surface area (Å²) in [5.74, 6) is 0.798. The van der Waals surface area contributed by atoms with Crippen molar-refractivity contribution in [2.24, 2.45) is 0 Å². The number of rotatable bonds is 5. The molecular formula is C14H14BFO3S. The molecule has 0 saturated carbocycles. The van der Waals surface area contributed by atoms with Crippen molar-refractivity contribution in [2.45, 2.75) is 10.6 Å². The average Bonchev–Trinajstić information content (AvgIpc) is 2.46. The monoisotopic (exact) mass is 292 g/mol. The summed E-state index contributed by atoms with van der Waals surface area (Å²) in [7, 11) is -0.177. The molecule has 0 aliphatic carbocycles. The molecule has 0 amide bonds. The number of methoxy groups -OCH3 is 1. The largest absolute Gasteiger partial charge is 0.497 e. The van der Waals surface area contributed by atoms with Gasteiger partial charge in [-0.1, -0.05) is 12.1 Å². The molecule has 2 aromatic rings. The fourth-order valence-electron chi connectivity index (χ4n) is 1.72. The van der Waals surface area contributed by atoms with Crippen molar-refractivity contribution < 1.29 is 19.2 Å². The van der Waals surface area contributed by atoms with Crippen molar-refractivity contribution in [1.29, 1.82) is 0 Å². The minimum atomic E-state index is -1.79. The van der Waals surface area contributed by atoms with E-state index in [-0.39, 0.29) is 5.46 Å². The molecule has 0 heterocycles. The van der Waals surface area contributed by atoms with E-state index in [9.17, 15) is 4.39 Å². The lowest BCUT2D eigenvalue weighted by Crippen LogP contribution is -2.32. The van der Waals surface area contributed by atoms with Crippen molar-refractivity contribution >= 4 is 24.3 Å². The van der Waals surface area contributed by atoms with Gasteiger partial charge >= 0.3 is 7.12 Å². The highest BCUT2D eigenvalue weighted by molar-refractivity contribution is 7.98. The number of hydrogen-bond donors (Lipinski definition) is 2. The summed E-state index contributed by atoms with van der Waals surface area (Å²) < 4.78 is 18.4. The Morgan fingerprint density at radius 1 is 1.15 bits per heavy atom. The molecule has 0 saturated heterocycles. The Labute approximate surface area is 121 Å². The smallest absolute Gasteiger partial charge is 0.491 e. The van der Waals surface area contributed by atoms with Gasteiger partial charge in [0.05, 0.1) is 7.11 Å². The lowest BCUT2D eigenvalue weighted by molar-refractivity contribution is 0.414. The normalized spacial score (nSPS) is 10.4. The second kappa shape index (κ2) is 6.79. The summed E-state index contributed by atoms with van der Waals surface area (Å²) in [6.45, 7) is 0. The van der Waals surface area contributed by atoms with E-state index >= 15 is 0 Å². The number of benzene rings is 2. The van der Waals surface area contributed by atoms with Crippen LogP contribution in [0.5, 0.6) is 5.75 Å². The summed E-state index contributed by atoms with van der Waals surface area (Å²) in [6, 6.07) is 12.0. The molecule has 0 aliphatic heterocycles. The maximum atomic E-state index is 13.3. The molecule has 3 nitrogen and oxygen atoms in total. The second-order valence-corrected chi connectivity index (χ2v) is 5.24. The van der Waals surface area contributed by atoms with Crippen LogP contribution in [-0.2, 0) is 5.75 Å². The molecule has 104 valence electrons. The fraction of sp³-hybridized carbons (Fsp3) is 0.143. The molecule has 0 fully saturated rings. The molecule has 2 aromatic carbocycles. The quantitative estimate of drug-likeness (QED) is 0.652.